The van der Waals surface area contributed by atoms with Crippen molar-refractivity contribution in [2.24, 2.45) is 0 Å². The van der Waals surface area contributed by atoms with E-state index in [9.17, 15) is 4.79 Å². The van der Waals surface area contributed by atoms with Gasteiger partial charge in [-0.2, -0.15) is 0 Å². The van der Waals surface area contributed by atoms with Gasteiger partial charge in [0.15, 0.2) is 5.76 Å². The second-order valence-corrected chi connectivity index (χ2v) is 8.83. The largest absolute Gasteiger partial charge is 0.451 e. The van der Waals surface area contributed by atoms with Crippen LogP contribution >= 0.6 is 11.6 Å². The average molecular weight is 441 g/mol. The van der Waals surface area contributed by atoms with Crippen LogP contribution in [0.15, 0.2) is 46.9 Å². The van der Waals surface area contributed by atoms with Crippen LogP contribution in [-0.2, 0) is 4.74 Å². The molecular formula is C25H29ClN2O3. The minimum atomic E-state index is -0.207. The summed E-state index contributed by atoms with van der Waals surface area (Å²) in [5, 5.41) is 4.59. The van der Waals surface area contributed by atoms with E-state index in [4.69, 9.17) is 20.8 Å². The third-order valence-corrected chi connectivity index (χ3v) is 6.27. The molecule has 164 valence electrons. The number of hydrogen-bond donors (Lipinski definition) is 1. The summed E-state index contributed by atoms with van der Waals surface area (Å²) in [7, 11) is 0. The molecule has 1 aliphatic rings. The molecule has 0 bridgehead atoms. The van der Waals surface area contributed by atoms with Crippen LogP contribution in [0.5, 0.6) is 0 Å². The maximum absolute atomic E-state index is 13.0. The van der Waals surface area contributed by atoms with Crippen LogP contribution in [0, 0.1) is 6.92 Å². The fourth-order valence-electron chi connectivity index (χ4n) is 4.13. The van der Waals surface area contributed by atoms with Gasteiger partial charge in [-0.25, -0.2) is 0 Å². The monoisotopic (exact) mass is 440 g/mol. The Morgan fingerprint density at radius 3 is 2.45 bits per heavy atom. The maximum Gasteiger partial charge on any atom is 0.287 e. The third-order valence-electron chi connectivity index (χ3n) is 6.03. The molecule has 0 aliphatic carbocycles. The fraction of sp³-hybridized carbons (Fsp3) is 0.400. The van der Waals surface area contributed by atoms with Crippen LogP contribution in [0.25, 0.3) is 11.0 Å². The van der Waals surface area contributed by atoms with Gasteiger partial charge in [0.25, 0.3) is 5.91 Å². The number of nitrogens with zero attached hydrogens (tertiary/aromatic N) is 1. The van der Waals surface area contributed by atoms with Gasteiger partial charge in [0, 0.05) is 35.6 Å². The van der Waals surface area contributed by atoms with Crippen molar-refractivity contribution in [3.63, 3.8) is 0 Å². The van der Waals surface area contributed by atoms with Gasteiger partial charge in [-0.15, -0.1) is 0 Å². The van der Waals surface area contributed by atoms with Gasteiger partial charge in [-0.05, 0) is 42.2 Å². The molecule has 2 aromatic carbocycles. The van der Waals surface area contributed by atoms with Crippen molar-refractivity contribution in [1.29, 1.82) is 0 Å². The summed E-state index contributed by atoms with van der Waals surface area (Å²) < 4.78 is 11.4. The standard InChI is InChI=1S/C25H29ClN2O3/c1-16(2)18-4-6-19(7-5-18)22(28-10-12-30-13-11-28)15-27-25(29)24-17(3)21-14-20(26)8-9-23(21)31-24/h4-9,14,16,22H,10-13,15H2,1-3H3,(H,27,29)/t22-/m0/s1. The fourth-order valence-corrected chi connectivity index (χ4v) is 4.30. The minimum Gasteiger partial charge on any atom is -0.451 e. The molecule has 1 amide bonds. The van der Waals surface area contributed by atoms with E-state index in [1.165, 1.54) is 11.1 Å². The number of aryl methyl sites for hydroxylation is 1. The molecule has 0 unspecified atom stereocenters. The van der Waals surface area contributed by atoms with Crippen molar-refractivity contribution < 1.29 is 13.9 Å². The van der Waals surface area contributed by atoms with Crippen LogP contribution in [0.3, 0.4) is 0 Å². The van der Waals surface area contributed by atoms with Crippen molar-refractivity contribution in [2.75, 3.05) is 32.8 Å². The van der Waals surface area contributed by atoms with Crippen molar-refractivity contribution >= 4 is 28.5 Å². The lowest BCUT2D eigenvalue weighted by atomic mass is 9.98. The Balaban J connectivity index is 1.54. The highest BCUT2D eigenvalue weighted by molar-refractivity contribution is 6.31. The molecule has 4 rings (SSSR count). The van der Waals surface area contributed by atoms with Gasteiger partial charge < -0.3 is 14.5 Å². The number of furan rings is 1. The van der Waals surface area contributed by atoms with Gasteiger partial charge in [0.2, 0.25) is 0 Å². The Bertz CT molecular complexity index is 1050. The summed E-state index contributed by atoms with van der Waals surface area (Å²) in [6.07, 6.45) is 0. The predicted octanol–water partition coefficient (Wildman–Crippen LogP) is 5.32. The third kappa shape index (κ3) is 4.79. The van der Waals surface area contributed by atoms with E-state index in [-0.39, 0.29) is 11.9 Å². The highest BCUT2D eigenvalue weighted by Crippen LogP contribution is 2.28. The lowest BCUT2D eigenvalue weighted by molar-refractivity contribution is 0.0161. The number of carbonyl (C=O) groups is 1. The van der Waals surface area contributed by atoms with E-state index in [1.54, 1.807) is 12.1 Å². The molecule has 1 saturated heterocycles. The highest BCUT2D eigenvalue weighted by Gasteiger charge is 2.25. The summed E-state index contributed by atoms with van der Waals surface area (Å²) in [5.41, 5.74) is 3.98. The van der Waals surface area contributed by atoms with E-state index in [0.717, 1.165) is 24.0 Å². The van der Waals surface area contributed by atoms with Crippen LogP contribution in [-0.4, -0.2) is 43.7 Å². The zero-order chi connectivity index (χ0) is 22.0. The number of amides is 1. The summed E-state index contributed by atoms with van der Waals surface area (Å²) >= 11 is 6.11. The zero-order valence-electron chi connectivity index (χ0n) is 18.3. The Hall–Kier alpha value is -2.34. The number of nitrogens with one attached hydrogen (secondary N) is 1. The Labute approximate surface area is 188 Å². The molecule has 0 saturated carbocycles. The zero-order valence-corrected chi connectivity index (χ0v) is 19.0. The smallest absolute Gasteiger partial charge is 0.287 e. The summed E-state index contributed by atoms with van der Waals surface area (Å²) in [6, 6.07) is 14.2. The molecule has 0 radical (unpaired) electrons. The number of benzene rings is 2. The van der Waals surface area contributed by atoms with Gasteiger partial charge in [-0.1, -0.05) is 49.7 Å². The second-order valence-electron chi connectivity index (χ2n) is 8.39. The summed E-state index contributed by atoms with van der Waals surface area (Å²) in [5.74, 6) is 0.621. The number of carbonyl (C=O) groups excluding carboxylic acids is 1. The molecule has 6 heteroatoms. The van der Waals surface area contributed by atoms with Gasteiger partial charge in [0.05, 0.1) is 19.3 Å². The van der Waals surface area contributed by atoms with Crippen molar-refractivity contribution in [3.8, 4) is 0 Å². The predicted molar refractivity (Wildman–Crippen MR) is 124 cm³/mol. The van der Waals surface area contributed by atoms with Gasteiger partial charge in [0.1, 0.15) is 5.58 Å². The molecular weight excluding hydrogens is 412 g/mol. The first-order chi connectivity index (χ1) is 14.9. The summed E-state index contributed by atoms with van der Waals surface area (Å²) in [6.45, 7) is 9.87. The van der Waals surface area contributed by atoms with Gasteiger partial charge >= 0.3 is 0 Å². The van der Waals surface area contributed by atoms with Crippen molar-refractivity contribution in [2.45, 2.75) is 32.7 Å². The lowest BCUT2D eigenvalue weighted by Gasteiger charge is -2.35. The van der Waals surface area contributed by atoms with Crippen LogP contribution < -0.4 is 5.32 Å². The number of fused-ring (bicyclic) bond motifs is 1. The van der Waals surface area contributed by atoms with E-state index in [0.29, 0.717) is 42.0 Å². The second kappa shape index (κ2) is 9.43. The average Bonchev–Trinajstić information content (AvgIpc) is 3.11. The first-order valence-corrected chi connectivity index (χ1v) is 11.2. The van der Waals surface area contributed by atoms with Crippen molar-refractivity contribution in [1.82, 2.24) is 10.2 Å². The molecule has 1 N–H and O–H groups in total. The van der Waals surface area contributed by atoms with Crippen LogP contribution in [0.1, 0.15) is 53.1 Å². The van der Waals surface area contributed by atoms with Crippen LogP contribution in [0.2, 0.25) is 5.02 Å². The highest BCUT2D eigenvalue weighted by atomic mass is 35.5. The quantitative estimate of drug-likeness (QED) is 0.563. The first kappa shape index (κ1) is 21.9. The number of morpholine rings is 1. The van der Waals surface area contributed by atoms with E-state index in [1.807, 2.05) is 13.0 Å². The number of ether oxygens (including phenoxy) is 1. The SMILES string of the molecule is Cc1c(C(=O)NC[C@@H](c2ccc(C(C)C)cc2)N2CCOCC2)oc2ccc(Cl)cc12. The molecule has 3 aromatic rings. The maximum atomic E-state index is 13.0. The lowest BCUT2D eigenvalue weighted by Crippen LogP contribution is -2.43. The molecule has 5 nitrogen and oxygen atoms in total. The first-order valence-electron chi connectivity index (χ1n) is 10.8. The Morgan fingerprint density at radius 2 is 1.77 bits per heavy atom. The number of rotatable bonds is 6. The molecule has 1 aromatic heterocycles. The van der Waals surface area contributed by atoms with Crippen LogP contribution in [0.4, 0.5) is 0 Å². The number of hydrogen-bond acceptors (Lipinski definition) is 4. The molecule has 1 aliphatic heterocycles. The van der Waals surface area contributed by atoms with E-state index < -0.39 is 0 Å². The van der Waals surface area contributed by atoms with E-state index >= 15 is 0 Å². The Morgan fingerprint density at radius 1 is 1.10 bits per heavy atom. The Kier molecular flexibility index (Phi) is 6.65. The molecule has 1 fully saturated rings. The summed E-state index contributed by atoms with van der Waals surface area (Å²) in [4.78, 5) is 15.4. The van der Waals surface area contributed by atoms with E-state index in [2.05, 4.69) is 48.3 Å². The van der Waals surface area contributed by atoms with Gasteiger partial charge in [-0.3, -0.25) is 9.69 Å². The molecule has 2 heterocycles. The minimum absolute atomic E-state index is 0.0770. The molecule has 0 spiro atoms. The molecule has 1 atom stereocenters. The normalized spacial score (nSPS) is 16.0. The number of halogens is 1. The molecule has 31 heavy (non-hydrogen) atoms. The topological polar surface area (TPSA) is 54.7 Å². The van der Waals surface area contributed by atoms with Crippen molar-refractivity contribution in [3.05, 3.63) is 69.9 Å².